The van der Waals surface area contributed by atoms with Crippen molar-refractivity contribution < 1.29 is 13.9 Å². The van der Waals surface area contributed by atoms with Crippen LogP contribution in [0.3, 0.4) is 0 Å². The topological polar surface area (TPSA) is 69.3 Å². The van der Waals surface area contributed by atoms with Crippen LogP contribution in [0.5, 0.6) is 5.75 Å². The fraction of sp³-hybridized carbons (Fsp3) is 0.368. The molecule has 0 radical (unpaired) electrons. The summed E-state index contributed by atoms with van der Waals surface area (Å²) in [5.41, 5.74) is 4.13. The normalized spacial score (nSPS) is 13.7. The lowest BCUT2D eigenvalue weighted by Gasteiger charge is -2.12. The van der Waals surface area contributed by atoms with Gasteiger partial charge in [-0.15, -0.1) is 0 Å². The van der Waals surface area contributed by atoms with Gasteiger partial charge in [-0.3, -0.25) is 9.48 Å². The van der Waals surface area contributed by atoms with Crippen LogP contribution in [0.2, 0.25) is 0 Å². The van der Waals surface area contributed by atoms with E-state index >= 15 is 0 Å². The van der Waals surface area contributed by atoms with E-state index in [0.29, 0.717) is 17.9 Å². The second-order valence-electron chi connectivity index (χ2n) is 6.37. The Labute approximate surface area is 145 Å². The number of aromatic nitrogens is 2. The van der Waals surface area contributed by atoms with E-state index < -0.39 is 0 Å². The van der Waals surface area contributed by atoms with Gasteiger partial charge in [-0.1, -0.05) is 12.1 Å². The summed E-state index contributed by atoms with van der Waals surface area (Å²) in [5.74, 6) is 0.660. The van der Waals surface area contributed by atoms with Crippen molar-refractivity contribution in [1.82, 2.24) is 15.1 Å². The molecular weight excluding hydrogens is 318 g/mol. The molecule has 1 N–H and O–H groups in total. The summed E-state index contributed by atoms with van der Waals surface area (Å²) >= 11 is 0. The largest absolute Gasteiger partial charge is 0.493 e. The fourth-order valence-corrected chi connectivity index (χ4v) is 3.56. The van der Waals surface area contributed by atoms with Gasteiger partial charge >= 0.3 is 0 Å². The molecule has 1 aliphatic rings. The molecule has 0 aliphatic heterocycles. The average Bonchev–Trinajstić information content (AvgIpc) is 3.21. The lowest BCUT2D eigenvalue weighted by atomic mass is 9.96. The maximum Gasteiger partial charge on any atom is 0.287 e. The summed E-state index contributed by atoms with van der Waals surface area (Å²) < 4.78 is 12.9. The summed E-state index contributed by atoms with van der Waals surface area (Å²) in [6, 6.07) is 7.32. The zero-order valence-corrected chi connectivity index (χ0v) is 14.5. The number of amides is 1. The molecule has 4 rings (SSSR count). The Kier molecular flexibility index (Phi) is 3.95. The third-order valence-corrected chi connectivity index (χ3v) is 4.82. The summed E-state index contributed by atoms with van der Waals surface area (Å²) in [7, 11) is 3.56. The molecule has 0 saturated heterocycles. The van der Waals surface area contributed by atoms with E-state index in [2.05, 4.69) is 10.4 Å². The highest BCUT2D eigenvalue weighted by atomic mass is 16.5. The van der Waals surface area contributed by atoms with Gasteiger partial charge in [-0.25, -0.2) is 0 Å². The number of methoxy groups -OCH3 is 1. The molecule has 6 nitrogen and oxygen atoms in total. The van der Waals surface area contributed by atoms with Gasteiger partial charge in [0.2, 0.25) is 0 Å². The minimum atomic E-state index is -0.242. The number of benzene rings is 1. The van der Waals surface area contributed by atoms with Gasteiger partial charge in [0.15, 0.2) is 17.1 Å². The molecule has 25 heavy (non-hydrogen) atoms. The Balaban J connectivity index is 1.53. The molecule has 2 aromatic heterocycles. The van der Waals surface area contributed by atoms with Gasteiger partial charge < -0.3 is 14.5 Å². The van der Waals surface area contributed by atoms with Crippen LogP contribution >= 0.6 is 0 Å². The van der Waals surface area contributed by atoms with Gasteiger partial charge in [-0.2, -0.15) is 5.10 Å². The molecule has 0 saturated carbocycles. The zero-order valence-electron chi connectivity index (χ0n) is 14.5. The Morgan fingerprint density at radius 2 is 2.20 bits per heavy atom. The average molecular weight is 339 g/mol. The van der Waals surface area contributed by atoms with Crippen molar-refractivity contribution in [3.05, 3.63) is 47.0 Å². The van der Waals surface area contributed by atoms with Gasteiger partial charge in [-0.05, 0) is 43.4 Å². The lowest BCUT2D eigenvalue weighted by Crippen LogP contribution is -2.23. The minimum absolute atomic E-state index is 0.242. The molecule has 1 amide bonds. The number of carbonyl (C=O) groups is 1. The van der Waals surface area contributed by atoms with Crippen LogP contribution in [0.4, 0.5) is 0 Å². The van der Waals surface area contributed by atoms with Crippen LogP contribution in [0.25, 0.3) is 11.0 Å². The van der Waals surface area contributed by atoms with Crippen LogP contribution in [-0.4, -0.2) is 22.8 Å². The van der Waals surface area contributed by atoms with E-state index in [1.807, 2.05) is 29.9 Å². The zero-order chi connectivity index (χ0) is 17.4. The molecule has 1 aliphatic carbocycles. The molecule has 0 unspecified atom stereocenters. The van der Waals surface area contributed by atoms with Crippen molar-refractivity contribution in [1.29, 1.82) is 0 Å². The Morgan fingerprint density at radius 1 is 1.36 bits per heavy atom. The quantitative estimate of drug-likeness (QED) is 0.793. The van der Waals surface area contributed by atoms with E-state index in [9.17, 15) is 4.79 Å². The molecular formula is C19H21N3O3. The predicted octanol–water partition coefficient (Wildman–Crippen LogP) is 2.98. The SMILES string of the molecule is COc1cccc2cc(C(=O)NCc3nn(C)c4c3CCCC4)oc12. The predicted molar refractivity (Wildman–Crippen MR) is 93.8 cm³/mol. The molecule has 0 spiro atoms. The third kappa shape index (κ3) is 2.77. The number of aryl methyl sites for hydroxylation is 1. The molecule has 2 heterocycles. The van der Waals surface area contributed by atoms with Crippen molar-refractivity contribution in [2.75, 3.05) is 7.11 Å². The van der Waals surface area contributed by atoms with Crippen molar-refractivity contribution >= 4 is 16.9 Å². The highest BCUT2D eigenvalue weighted by Crippen LogP contribution is 2.28. The third-order valence-electron chi connectivity index (χ3n) is 4.82. The van der Waals surface area contributed by atoms with Crippen LogP contribution in [-0.2, 0) is 26.4 Å². The summed E-state index contributed by atoms with van der Waals surface area (Å²) in [4.78, 5) is 12.5. The number of hydrogen-bond acceptors (Lipinski definition) is 4. The molecule has 3 aromatic rings. The molecule has 0 bridgehead atoms. The van der Waals surface area contributed by atoms with E-state index in [4.69, 9.17) is 9.15 Å². The van der Waals surface area contributed by atoms with E-state index in [-0.39, 0.29) is 11.7 Å². The Hall–Kier alpha value is -2.76. The van der Waals surface area contributed by atoms with Gasteiger partial charge in [0.25, 0.3) is 5.91 Å². The number of hydrogen-bond donors (Lipinski definition) is 1. The number of carbonyl (C=O) groups excluding carboxylic acids is 1. The Morgan fingerprint density at radius 3 is 3.04 bits per heavy atom. The highest BCUT2D eigenvalue weighted by molar-refractivity contribution is 5.97. The van der Waals surface area contributed by atoms with Gasteiger partial charge in [0.1, 0.15) is 0 Å². The van der Waals surface area contributed by atoms with Gasteiger partial charge in [0.05, 0.1) is 19.3 Å². The first kappa shape index (κ1) is 15.7. The molecule has 0 fully saturated rings. The monoisotopic (exact) mass is 339 g/mol. The number of para-hydroxylation sites is 1. The molecule has 1 aromatic carbocycles. The summed E-state index contributed by atoms with van der Waals surface area (Å²) in [6.07, 6.45) is 4.49. The van der Waals surface area contributed by atoms with Crippen LogP contribution in [0.15, 0.2) is 28.7 Å². The summed E-state index contributed by atoms with van der Waals surface area (Å²) in [5, 5.41) is 8.35. The van der Waals surface area contributed by atoms with Crippen molar-refractivity contribution in [2.45, 2.75) is 32.2 Å². The summed E-state index contributed by atoms with van der Waals surface area (Å²) in [6.45, 7) is 0.413. The van der Waals surface area contributed by atoms with Crippen molar-refractivity contribution in [3.63, 3.8) is 0 Å². The number of nitrogens with zero attached hydrogens (tertiary/aromatic N) is 2. The van der Waals surface area contributed by atoms with Crippen LogP contribution in [0.1, 0.15) is 40.3 Å². The molecule has 0 atom stereocenters. The first-order chi connectivity index (χ1) is 12.2. The molecule has 6 heteroatoms. The first-order valence-electron chi connectivity index (χ1n) is 8.55. The number of fused-ring (bicyclic) bond motifs is 2. The van der Waals surface area contributed by atoms with Crippen LogP contribution in [0, 0.1) is 0 Å². The number of nitrogens with one attached hydrogen (secondary N) is 1. The first-order valence-corrected chi connectivity index (χ1v) is 8.55. The second kappa shape index (κ2) is 6.27. The van der Waals surface area contributed by atoms with Gasteiger partial charge in [0, 0.05) is 18.1 Å². The highest BCUT2D eigenvalue weighted by Gasteiger charge is 2.20. The maximum absolute atomic E-state index is 12.5. The van der Waals surface area contributed by atoms with Crippen molar-refractivity contribution in [3.8, 4) is 5.75 Å². The van der Waals surface area contributed by atoms with Crippen molar-refractivity contribution in [2.24, 2.45) is 7.05 Å². The fourth-order valence-electron chi connectivity index (χ4n) is 3.56. The number of ether oxygens (including phenoxy) is 1. The molecule has 130 valence electrons. The van der Waals surface area contributed by atoms with E-state index in [1.165, 1.54) is 24.1 Å². The second-order valence-corrected chi connectivity index (χ2v) is 6.37. The number of furan rings is 1. The lowest BCUT2D eigenvalue weighted by molar-refractivity contribution is 0.0924. The van der Waals surface area contributed by atoms with E-state index in [1.54, 1.807) is 13.2 Å². The maximum atomic E-state index is 12.5. The number of rotatable bonds is 4. The minimum Gasteiger partial charge on any atom is -0.493 e. The van der Waals surface area contributed by atoms with Crippen LogP contribution < -0.4 is 10.1 Å². The standard InChI is InChI=1S/C19H21N3O3/c1-22-15-8-4-3-7-13(15)14(21-22)11-20-19(23)17-10-12-6-5-9-16(24-2)18(12)25-17/h5-6,9-10H,3-4,7-8,11H2,1-2H3,(H,20,23). The van der Waals surface area contributed by atoms with E-state index in [0.717, 1.165) is 23.9 Å². The Bertz CT molecular complexity index is 939. The smallest absolute Gasteiger partial charge is 0.287 e.